The Morgan fingerprint density at radius 3 is 2.41 bits per heavy atom. The van der Waals surface area contributed by atoms with Gasteiger partial charge in [-0.25, -0.2) is 0 Å². The van der Waals surface area contributed by atoms with E-state index in [1.165, 1.54) is 4.90 Å². The number of aromatic hydroxyl groups is 1. The van der Waals surface area contributed by atoms with Crippen LogP contribution in [0.1, 0.15) is 23.2 Å². The van der Waals surface area contributed by atoms with E-state index in [2.05, 4.69) is 15.5 Å². The van der Waals surface area contributed by atoms with Crippen molar-refractivity contribution in [3.8, 4) is 5.75 Å². The predicted molar refractivity (Wildman–Crippen MR) is 111 cm³/mol. The molecule has 1 saturated carbocycles. The third-order valence-electron chi connectivity index (χ3n) is 5.45. The summed E-state index contributed by atoms with van der Waals surface area (Å²) in [5, 5.41) is 15.3. The Hall–Kier alpha value is -3.06. The SMILES string of the molecule is O=C(C[NH+]1CCN(c2ccc(O)cc2)CC1)Nc1ccccc1C(=O)NC1CC1. The van der Waals surface area contributed by atoms with Crippen molar-refractivity contribution in [2.45, 2.75) is 18.9 Å². The second-order valence-electron chi connectivity index (χ2n) is 7.77. The van der Waals surface area contributed by atoms with Crippen LogP contribution in [-0.2, 0) is 4.79 Å². The molecule has 2 amide bonds. The van der Waals surface area contributed by atoms with E-state index in [4.69, 9.17) is 0 Å². The smallest absolute Gasteiger partial charge is 0.279 e. The Bertz CT molecular complexity index is 872. The third-order valence-corrected chi connectivity index (χ3v) is 5.45. The topological polar surface area (TPSA) is 86.1 Å². The van der Waals surface area contributed by atoms with Crippen LogP contribution in [0.2, 0.25) is 0 Å². The monoisotopic (exact) mass is 395 g/mol. The molecule has 1 heterocycles. The van der Waals surface area contributed by atoms with Crippen LogP contribution in [-0.4, -0.2) is 55.7 Å². The van der Waals surface area contributed by atoms with Crippen LogP contribution in [0.3, 0.4) is 0 Å². The lowest BCUT2D eigenvalue weighted by atomic mass is 10.1. The number of hydrogen-bond donors (Lipinski definition) is 4. The number of para-hydroxylation sites is 1. The lowest BCUT2D eigenvalue weighted by Crippen LogP contribution is -3.15. The molecule has 0 radical (unpaired) electrons. The summed E-state index contributed by atoms with van der Waals surface area (Å²) in [5.41, 5.74) is 2.17. The van der Waals surface area contributed by atoms with Gasteiger partial charge in [0.1, 0.15) is 5.75 Å². The van der Waals surface area contributed by atoms with E-state index >= 15 is 0 Å². The number of rotatable bonds is 6. The maximum absolute atomic E-state index is 12.6. The minimum atomic E-state index is -0.127. The van der Waals surface area contributed by atoms with E-state index in [1.807, 2.05) is 24.3 Å². The van der Waals surface area contributed by atoms with Gasteiger partial charge in [0.2, 0.25) is 0 Å². The fourth-order valence-corrected chi connectivity index (χ4v) is 3.62. The Morgan fingerprint density at radius 2 is 1.72 bits per heavy atom. The fraction of sp³-hybridized carbons (Fsp3) is 0.364. The van der Waals surface area contributed by atoms with Crippen molar-refractivity contribution in [2.24, 2.45) is 0 Å². The molecule has 1 saturated heterocycles. The van der Waals surface area contributed by atoms with Crippen LogP contribution < -0.4 is 20.4 Å². The van der Waals surface area contributed by atoms with Crippen molar-refractivity contribution >= 4 is 23.2 Å². The summed E-state index contributed by atoms with van der Waals surface area (Å²) < 4.78 is 0. The lowest BCUT2D eigenvalue weighted by molar-refractivity contribution is -0.892. The highest BCUT2D eigenvalue weighted by molar-refractivity contribution is 6.04. The number of carbonyl (C=O) groups excluding carboxylic acids is 2. The molecule has 29 heavy (non-hydrogen) atoms. The Morgan fingerprint density at radius 1 is 1.03 bits per heavy atom. The molecular formula is C22H27N4O3+. The number of hydrogen-bond acceptors (Lipinski definition) is 4. The maximum atomic E-state index is 12.6. The average Bonchev–Trinajstić information content (AvgIpc) is 3.53. The number of carbonyl (C=O) groups is 2. The second kappa shape index (κ2) is 8.53. The highest BCUT2D eigenvalue weighted by Crippen LogP contribution is 2.21. The van der Waals surface area contributed by atoms with Crippen molar-refractivity contribution in [3.05, 3.63) is 54.1 Å². The Kier molecular flexibility index (Phi) is 5.67. The summed E-state index contributed by atoms with van der Waals surface area (Å²) in [6.07, 6.45) is 2.06. The molecular weight excluding hydrogens is 368 g/mol. The molecule has 0 atom stereocenters. The predicted octanol–water partition coefficient (Wildman–Crippen LogP) is 0.628. The number of amides is 2. The highest BCUT2D eigenvalue weighted by atomic mass is 16.3. The van der Waals surface area contributed by atoms with Crippen LogP contribution in [0.25, 0.3) is 0 Å². The molecule has 2 aliphatic rings. The van der Waals surface area contributed by atoms with Gasteiger partial charge >= 0.3 is 0 Å². The first-order chi connectivity index (χ1) is 14.1. The minimum absolute atomic E-state index is 0.0789. The van der Waals surface area contributed by atoms with E-state index in [-0.39, 0.29) is 23.6 Å². The molecule has 7 heteroatoms. The van der Waals surface area contributed by atoms with Crippen LogP contribution in [0.5, 0.6) is 5.75 Å². The minimum Gasteiger partial charge on any atom is -0.508 e. The molecule has 7 nitrogen and oxygen atoms in total. The molecule has 2 aromatic rings. The summed E-state index contributed by atoms with van der Waals surface area (Å²) in [5.74, 6) is 0.0591. The molecule has 0 unspecified atom stereocenters. The molecule has 1 aliphatic carbocycles. The van der Waals surface area contributed by atoms with Gasteiger partial charge in [0.05, 0.1) is 37.4 Å². The summed E-state index contributed by atoms with van der Waals surface area (Å²) in [6, 6.07) is 14.7. The third kappa shape index (κ3) is 5.06. The van der Waals surface area contributed by atoms with Crippen LogP contribution in [0.4, 0.5) is 11.4 Å². The van der Waals surface area contributed by atoms with Crippen molar-refractivity contribution < 1.29 is 19.6 Å². The lowest BCUT2D eigenvalue weighted by Gasteiger charge is -2.33. The summed E-state index contributed by atoms with van der Waals surface area (Å²) in [7, 11) is 0. The van der Waals surface area contributed by atoms with Gasteiger partial charge in [-0.3, -0.25) is 9.59 Å². The van der Waals surface area contributed by atoms with E-state index in [0.29, 0.717) is 17.8 Å². The van der Waals surface area contributed by atoms with Crippen molar-refractivity contribution in [1.29, 1.82) is 0 Å². The number of nitrogens with one attached hydrogen (secondary N) is 3. The molecule has 0 bridgehead atoms. The molecule has 0 spiro atoms. The van der Waals surface area contributed by atoms with Gasteiger partial charge in [-0.15, -0.1) is 0 Å². The van der Waals surface area contributed by atoms with Gasteiger partial charge in [-0.1, -0.05) is 12.1 Å². The average molecular weight is 395 g/mol. The van der Waals surface area contributed by atoms with Gasteiger partial charge < -0.3 is 25.5 Å². The zero-order chi connectivity index (χ0) is 20.2. The number of benzene rings is 2. The number of piperazine rings is 1. The fourth-order valence-electron chi connectivity index (χ4n) is 3.62. The summed E-state index contributed by atoms with van der Waals surface area (Å²) in [4.78, 5) is 28.4. The standard InChI is InChI=1S/C22H26N4O3/c27-18-9-7-17(8-10-18)26-13-11-25(12-14-26)15-21(28)24-20-4-2-1-3-19(20)22(29)23-16-5-6-16/h1-4,7-10,16,27H,5-6,11-15H2,(H,23,29)(H,24,28)/p+1. The first-order valence-electron chi connectivity index (χ1n) is 10.2. The van der Waals surface area contributed by atoms with Crippen LogP contribution >= 0.6 is 0 Å². The van der Waals surface area contributed by atoms with Crippen molar-refractivity contribution in [1.82, 2.24) is 5.32 Å². The van der Waals surface area contributed by atoms with Crippen molar-refractivity contribution in [2.75, 3.05) is 42.9 Å². The van der Waals surface area contributed by atoms with Gasteiger partial charge in [-0.2, -0.15) is 0 Å². The maximum Gasteiger partial charge on any atom is 0.279 e. The second-order valence-corrected chi connectivity index (χ2v) is 7.77. The summed E-state index contributed by atoms with van der Waals surface area (Å²) >= 11 is 0. The van der Waals surface area contributed by atoms with E-state index in [1.54, 1.807) is 24.3 Å². The molecule has 0 aromatic heterocycles. The number of nitrogens with zero attached hydrogens (tertiary/aromatic N) is 1. The van der Waals surface area contributed by atoms with Crippen LogP contribution in [0, 0.1) is 0 Å². The molecule has 4 N–H and O–H groups in total. The molecule has 152 valence electrons. The molecule has 1 aliphatic heterocycles. The van der Waals surface area contributed by atoms with Crippen molar-refractivity contribution in [3.63, 3.8) is 0 Å². The zero-order valence-corrected chi connectivity index (χ0v) is 16.4. The normalized spacial score (nSPS) is 17.0. The Balaban J connectivity index is 1.29. The summed E-state index contributed by atoms with van der Waals surface area (Å²) in [6.45, 7) is 3.81. The largest absolute Gasteiger partial charge is 0.508 e. The number of quaternary nitrogens is 1. The van der Waals surface area contributed by atoms with E-state index in [0.717, 1.165) is 44.7 Å². The van der Waals surface area contributed by atoms with E-state index < -0.39 is 0 Å². The van der Waals surface area contributed by atoms with Gasteiger partial charge in [0.15, 0.2) is 6.54 Å². The van der Waals surface area contributed by atoms with Crippen LogP contribution in [0.15, 0.2) is 48.5 Å². The Labute approximate surface area is 170 Å². The number of phenolic OH excluding ortho intramolecular Hbond substituents is 1. The molecule has 4 rings (SSSR count). The number of anilines is 2. The van der Waals surface area contributed by atoms with Gasteiger partial charge in [0, 0.05) is 11.7 Å². The van der Waals surface area contributed by atoms with Gasteiger partial charge in [-0.05, 0) is 49.2 Å². The van der Waals surface area contributed by atoms with Gasteiger partial charge in [0.25, 0.3) is 11.8 Å². The first kappa shape index (κ1) is 19.3. The zero-order valence-electron chi connectivity index (χ0n) is 16.4. The van der Waals surface area contributed by atoms with E-state index in [9.17, 15) is 14.7 Å². The molecule has 2 aromatic carbocycles. The first-order valence-corrected chi connectivity index (χ1v) is 10.2. The molecule has 2 fully saturated rings. The highest BCUT2D eigenvalue weighted by Gasteiger charge is 2.26. The number of phenols is 1. The quantitative estimate of drug-likeness (QED) is 0.578.